The zero-order valence-corrected chi connectivity index (χ0v) is 18.4. The Hall–Kier alpha value is -1.93. The van der Waals surface area contributed by atoms with Gasteiger partial charge in [-0.25, -0.2) is 4.98 Å². The molecule has 1 aromatic carbocycles. The van der Waals surface area contributed by atoms with Gasteiger partial charge in [-0.15, -0.1) is 12.4 Å². The number of ether oxygens (including phenoxy) is 1. The van der Waals surface area contributed by atoms with Gasteiger partial charge in [0.25, 0.3) is 5.91 Å². The van der Waals surface area contributed by atoms with Crippen LogP contribution in [0.4, 0.5) is 5.13 Å². The van der Waals surface area contributed by atoms with E-state index in [0.717, 1.165) is 54.6 Å². The molecule has 1 fully saturated rings. The standard InChI is InChI=1S/C21H25N3O3S.ClH/c1-15-13-16(2)19-17(14-15)22-21(28-19)24(20(25)18-5-3-10-27-18)7-4-6-23-8-11-26-12-9-23;/h3,5,10,13-14H,4,6-9,11-12H2,1-2H3;1H. The lowest BCUT2D eigenvalue weighted by Gasteiger charge is -2.27. The van der Waals surface area contributed by atoms with Gasteiger partial charge in [0.05, 0.1) is 29.7 Å². The van der Waals surface area contributed by atoms with E-state index in [9.17, 15) is 4.79 Å². The Bertz CT molecular complexity index is 952. The zero-order chi connectivity index (χ0) is 19.5. The minimum Gasteiger partial charge on any atom is -0.459 e. The van der Waals surface area contributed by atoms with E-state index in [-0.39, 0.29) is 18.3 Å². The summed E-state index contributed by atoms with van der Waals surface area (Å²) in [5.41, 5.74) is 3.32. The quantitative estimate of drug-likeness (QED) is 0.577. The van der Waals surface area contributed by atoms with Gasteiger partial charge in [0, 0.05) is 26.2 Å². The molecule has 1 aliphatic heterocycles. The average molecular weight is 436 g/mol. The zero-order valence-electron chi connectivity index (χ0n) is 16.7. The largest absolute Gasteiger partial charge is 0.459 e. The number of benzene rings is 1. The van der Waals surface area contributed by atoms with Crippen LogP contribution in [0.3, 0.4) is 0 Å². The van der Waals surface area contributed by atoms with Crippen molar-refractivity contribution in [3.05, 3.63) is 47.4 Å². The molecular weight excluding hydrogens is 410 g/mol. The molecule has 0 saturated carbocycles. The third-order valence-electron chi connectivity index (χ3n) is 4.98. The van der Waals surface area contributed by atoms with Crippen LogP contribution >= 0.6 is 23.7 Å². The molecular formula is C21H26ClN3O3S. The molecule has 0 N–H and O–H groups in total. The topological polar surface area (TPSA) is 58.8 Å². The SMILES string of the molecule is Cc1cc(C)c2sc(N(CCCN3CCOCC3)C(=O)c3ccco3)nc2c1.Cl. The van der Waals surface area contributed by atoms with E-state index in [1.807, 2.05) is 0 Å². The maximum Gasteiger partial charge on any atom is 0.295 e. The molecule has 29 heavy (non-hydrogen) atoms. The number of carbonyl (C=O) groups excluding carboxylic acids is 1. The molecule has 6 nitrogen and oxygen atoms in total. The van der Waals surface area contributed by atoms with Crippen LogP contribution in [0.1, 0.15) is 28.1 Å². The summed E-state index contributed by atoms with van der Waals surface area (Å²) in [6, 6.07) is 7.68. The predicted molar refractivity (Wildman–Crippen MR) is 119 cm³/mol. The van der Waals surface area contributed by atoms with E-state index in [1.54, 1.807) is 28.4 Å². The van der Waals surface area contributed by atoms with Crippen molar-refractivity contribution in [2.45, 2.75) is 20.3 Å². The van der Waals surface area contributed by atoms with Crippen LogP contribution in [0, 0.1) is 13.8 Å². The maximum atomic E-state index is 13.1. The smallest absolute Gasteiger partial charge is 0.295 e. The number of thiazole rings is 1. The second kappa shape index (κ2) is 9.71. The summed E-state index contributed by atoms with van der Waals surface area (Å²) in [6.45, 7) is 9.17. The van der Waals surface area contributed by atoms with Crippen molar-refractivity contribution >= 4 is 45.0 Å². The minimum atomic E-state index is -0.139. The number of halogens is 1. The van der Waals surface area contributed by atoms with E-state index in [1.165, 1.54) is 17.4 Å². The van der Waals surface area contributed by atoms with Crippen molar-refractivity contribution < 1.29 is 13.9 Å². The van der Waals surface area contributed by atoms with Crippen LogP contribution in [0.25, 0.3) is 10.2 Å². The molecule has 1 aliphatic rings. The summed E-state index contributed by atoms with van der Waals surface area (Å²) < 4.78 is 11.9. The molecule has 1 saturated heterocycles. The lowest BCUT2D eigenvalue weighted by Crippen LogP contribution is -2.39. The number of nitrogens with zero attached hydrogens (tertiary/aromatic N) is 3. The number of carbonyl (C=O) groups is 1. The van der Waals surface area contributed by atoms with Crippen LogP contribution in [0.5, 0.6) is 0 Å². The van der Waals surface area contributed by atoms with Gasteiger partial charge < -0.3 is 9.15 Å². The Balaban J connectivity index is 0.00000240. The van der Waals surface area contributed by atoms with Crippen LogP contribution in [-0.4, -0.2) is 55.2 Å². The molecule has 0 bridgehead atoms. The van der Waals surface area contributed by atoms with E-state index >= 15 is 0 Å². The van der Waals surface area contributed by atoms with E-state index in [4.69, 9.17) is 14.1 Å². The normalized spacial score (nSPS) is 14.7. The van der Waals surface area contributed by atoms with E-state index in [2.05, 4.69) is 30.9 Å². The summed E-state index contributed by atoms with van der Waals surface area (Å²) in [4.78, 5) is 22.0. The van der Waals surface area contributed by atoms with Crippen molar-refractivity contribution in [1.82, 2.24) is 9.88 Å². The summed E-state index contributed by atoms with van der Waals surface area (Å²) >= 11 is 1.57. The first-order chi connectivity index (χ1) is 13.6. The molecule has 3 aromatic rings. The Morgan fingerprint density at radius 3 is 2.79 bits per heavy atom. The number of aromatic nitrogens is 1. The van der Waals surface area contributed by atoms with E-state index < -0.39 is 0 Å². The van der Waals surface area contributed by atoms with Gasteiger partial charge in [0.15, 0.2) is 10.9 Å². The second-order valence-corrected chi connectivity index (χ2v) is 8.15. The third-order valence-corrected chi connectivity index (χ3v) is 6.21. The molecule has 0 radical (unpaired) electrons. The summed E-state index contributed by atoms with van der Waals surface area (Å²) in [5, 5.41) is 0.729. The van der Waals surface area contributed by atoms with Gasteiger partial charge in [-0.3, -0.25) is 14.6 Å². The van der Waals surface area contributed by atoms with Gasteiger partial charge in [0.1, 0.15) is 0 Å². The molecule has 156 valence electrons. The number of hydrogen-bond donors (Lipinski definition) is 0. The molecule has 0 spiro atoms. The van der Waals surface area contributed by atoms with Crippen molar-refractivity contribution in [3.8, 4) is 0 Å². The summed E-state index contributed by atoms with van der Waals surface area (Å²) in [6.07, 6.45) is 2.41. The van der Waals surface area contributed by atoms with Gasteiger partial charge in [-0.2, -0.15) is 0 Å². The first-order valence-corrected chi connectivity index (χ1v) is 10.5. The monoisotopic (exact) mass is 435 g/mol. The van der Waals surface area contributed by atoms with Crippen LogP contribution in [0.15, 0.2) is 34.9 Å². The highest BCUT2D eigenvalue weighted by Gasteiger charge is 2.24. The van der Waals surface area contributed by atoms with Crippen molar-refractivity contribution in [1.29, 1.82) is 0 Å². The molecule has 0 unspecified atom stereocenters. The number of hydrogen-bond acceptors (Lipinski definition) is 6. The van der Waals surface area contributed by atoms with E-state index in [0.29, 0.717) is 12.3 Å². The molecule has 1 amide bonds. The number of morpholine rings is 1. The number of amides is 1. The lowest BCUT2D eigenvalue weighted by molar-refractivity contribution is 0.0376. The summed E-state index contributed by atoms with van der Waals surface area (Å²) in [5.74, 6) is 0.207. The Morgan fingerprint density at radius 1 is 1.28 bits per heavy atom. The molecule has 0 aliphatic carbocycles. The van der Waals surface area contributed by atoms with Crippen molar-refractivity contribution in [2.24, 2.45) is 0 Å². The Kier molecular flexibility index (Phi) is 7.29. The molecule has 8 heteroatoms. The predicted octanol–water partition coefficient (Wildman–Crippen LogP) is 4.30. The highest BCUT2D eigenvalue weighted by molar-refractivity contribution is 7.22. The first-order valence-electron chi connectivity index (χ1n) is 9.65. The van der Waals surface area contributed by atoms with Crippen molar-refractivity contribution in [3.63, 3.8) is 0 Å². The minimum absolute atomic E-state index is 0. The van der Waals surface area contributed by atoms with Crippen LogP contribution in [0.2, 0.25) is 0 Å². The molecule has 4 rings (SSSR count). The fourth-order valence-corrected chi connectivity index (χ4v) is 4.61. The fraction of sp³-hybridized carbons (Fsp3) is 0.429. The number of furan rings is 1. The lowest BCUT2D eigenvalue weighted by atomic mass is 10.1. The van der Waals surface area contributed by atoms with Crippen LogP contribution < -0.4 is 4.90 Å². The number of rotatable bonds is 6. The highest BCUT2D eigenvalue weighted by Crippen LogP contribution is 2.33. The number of aryl methyl sites for hydroxylation is 2. The second-order valence-electron chi connectivity index (χ2n) is 7.17. The number of anilines is 1. The van der Waals surface area contributed by atoms with Crippen molar-refractivity contribution in [2.75, 3.05) is 44.3 Å². The fourth-order valence-electron chi connectivity index (χ4n) is 3.57. The maximum absolute atomic E-state index is 13.1. The Labute approximate surface area is 180 Å². The Morgan fingerprint density at radius 2 is 2.07 bits per heavy atom. The van der Waals surface area contributed by atoms with Gasteiger partial charge in [0.2, 0.25) is 0 Å². The summed E-state index contributed by atoms with van der Waals surface area (Å²) in [7, 11) is 0. The number of fused-ring (bicyclic) bond motifs is 1. The van der Waals surface area contributed by atoms with Crippen LogP contribution in [-0.2, 0) is 4.74 Å². The van der Waals surface area contributed by atoms with Gasteiger partial charge >= 0.3 is 0 Å². The first kappa shape index (κ1) is 21.8. The highest BCUT2D eigenvalue weighted by atomic mass is 35.5. The van der Waals surface area contributed by atoms with Gasteiger partial charge in [-0.1, -0.05) is 17.4 Å². The van der Waals surface area contributed by atoms with Gasteiger partial charge in [-0.05, 0) is 49.6 Å². The molecule has 2 aromatic heterocycles. The average Bonchev–Trinajstić information content (AvgIpc) is 3.35. The molecule has 3 heterocycles. The third kappa shape index (κ3) is 4.98. The molecule has 0 atom stereocenters.